The van der Waals surface area contributed by atoms with Gasteiger partial charge in [0.05, 0.1) is 10.6 Å². The Morgan fingerprint density at radius 1 is 1.11 bits per heavy atom. The highest BCUT2D eigenvalue weighted by molar-refractivity contribution is 7.92. The van der Waals surface area contributed by atoms with Gasteiger partial charge in [0, 0.05) is 24.5 Å². The first-order chi connectivity index (χ1) is 16.7. The molecule has 35 heavy (non-hydrogen) atoms. The highest BCUT2D eigenvalue weighted by Gasteiger charge is 2.25. The Morgan fingerprint density at radius 2 is 1.83 bits per heavy atom. The van der Waals surface area contributed by atoms with Crippen molar-refractivity contribution in [2.45, 2.75) is 23.8 Å². The lowest BCUT2D eigenvalue weighted by atomic mass is 10.1. The van der Waals surface area contributed by atoms with Gasteiger partial charge in [-0.25, -0.2) is 13.2 Å². The van der Waals surface area contributed by atoms with Crippen molar-refractivity contribution in [3.63, 3.8) is 0 Å². The Morgan fingerprint density at radius 3 is 2.51 bits per heavy atom. The Labute approximate surface area is 206 Å². The van der Waals surface area contributed by atoms with Gasteiger partial charge in [-0.2, -0.15) is 0 Å². The van der Waals surface area contributed by atoms with Crippen LogP contribution in [0.3, 0.4) is 0 Å². The Kier molecular flexibility index (Phi) is 8.39. The first-order valence-corrected chi connectivity index (χ1v) is 12.7. The molecule has 2 heterocycles. The van der Waals surface area contributed by atoms with Crippen molar-refractivity contribution in [1.29, 1.82) is 0 Å². The number of aromatic nitrogens is 1. The second kappa shape index (κ2) is 11.4. The van der Waals surface area contributed by atoms with Crippen molar-refractivity contribution in [2.24, 2.45) is 16.5 Å². The minimum atomic E-state index is -4.09. The third-order valence-electron chi connectivity index (χ3n) is 4.83. The van der Waals surface area contributed by atoms with Crippen LogP contribution >= 0.6 is 11.3 Å². The Bertz CT molecular complexity index is 1320. The van der Waals surface area contributed by atoms with Crippen LogP contribution in [0.5, 0.6) is 0 Å². The van der Waals surface area contributed by atoms with Gasteiger partial charge in [-0.1, -0.05) is 18.2 Å². The summed E-state index contributed by atoms with van der Waals surface area (Å²) in [6.45, 7) is 0.211. The molecule has 184 valence electrons. The lowest BCUT2D eigenvalue weighted by Gasteiger charge is -2.15. The highest BCUT2D eigenvalue weighted by Crippen LogP contribution is 2.30. The summed E-state index contributed by atoms with van der Waals surface area (Å²) in [5.41, 5.74) is 11.7. The second-order valence-electron chi connectivity index (χ2n) is 7.31. The van der Waals surface area contributed by atoms with Crippen LogP contribution in [-0.2, 0) is 14.8 Å². The molecule has 0 aliphatic rings. The number of sulfonamides is 1. The summed E-state index contributed by atoms with van der Waals surface area (Å²) >= 11 is 0.985. The molecule has 0 spiro atoms. The number of carboxylic acids is 1. The number of benzene rings is 1. The minimum absolute atomic E-state index is 0.0203. The molecule has 7 N–H and O–H groups in total. The number of carbonyl (C=O) groups excluding carboxylic acids is 1. The molecule has 1 amide bonds. The number of aliphatic carboxylic acids is 1. The number of nitrogens with one attached hydrogen (secondary N) is 2. The van der Waals surface area contributed by atoms with E-state index in [4.69, 9.17) is 11.5 Å². The molecular weight excluding hydrogens is 492 g/mol. The fraction of sp³-hybridized carbons (Fsp3) is 0.182. The third-order valence-corrected chi connectivity index (χ3v) is 7.17. The van der Waals surface area contributed by atoms with Crippen molar-refractivity contribution >= 4 is 44.9 Å². The zero-order chi connectivity index (χ0) is 25.4. The van der Waals surface area contributed by atoms with E-state index in [0.29, 0.717) is 17.5 Å². The van der Waals surface area contributed by atoms with Crippen LogP contribution in [0.2, 0.25) is 0 Å². The van der Waals surface area contributed by atoms with Gasteiger partial charge >= 0.3 is 5.97 Å². The van der Waals surface area contributed by atoms with E-state index in [1.165, 1.54) is 17.5 Å². The van der Waals surface area contributed by atoms with Gasteiger partial charge in [0.15, 0.2) is 5.96 Å². The quantitative estimate of drug-likeness (QED) is 0.145. The molecule has 3 rings (SSSR count). The number of nitrogens with two attached hydrogens (primary N) is 2. The molecular formula is C22H24N6O5S2. The topological polar surface area (TPSA) is 190 Å². The molecule has 13 heteroatoms. The molecule has 0 fully saturated rings. The summed E-state index contributed by atoms with van der Waals surface area (Å²) in [6, 6.07) is 10.1. The largest absolute Gasteiger partial charge is 0.480 e. The van der Waals surface area contributed by atoms with E-state index in [9.17, 15) is 23.1 Å². The lowest BCUT2D eigenvalue weighted by molar-refractivity contribution is -0.139. The second-order valence-corrected chi connectivity index (χ2v) is 9.88. The Hall–Kier alpha value is -3.97. The molecule has 11 nitrogen and oxygen atoms in total. The predicted molar refractivity (Wildman–Crippen MR) is 134 cm³/mol. The van der Waals surface area contributed by atoms with E-state index in [2.05, 4.69) is 20.0 Å². The van der Waals surface area contributed by atoms with Crippen LogP contribution in [0.1, 0.15) is 22.5 Å². The van der Waals surface area contributed by atoms with Crippen LogP contribution in [-0.4, -0.2) is 48.9 Å². The smallest absolute Gasteiger partial charge is 0.326 e. The molecule has 3 aromatic rings. The normalized spacial score (nSPS) is 11.9. The molecule has 0 bridgehead atoms. The van der Waals surface area contributed by atoms with Crippen LogP contribution in [0.4, 0.5) is 5.69 Å². The number of guanidine groups is 1. The zero-order valence-electron chi connectivity index (χ0n) is 18.4. The molecule has 0 unspecified atom stereocenters. The van der Waals surface area contributed by atoms with Gasteiger partial charge in [-0.05, 0) is 48.1 Å². The first kappa shape index (κ1) is 25.6. The average molecular weight is 517 g/mol. The van der Waals surface area contributed by atoms with Crippen LogP contribution < -0.4 is 21.5 Å². The molecule has 1 atom stereocenters. The van der Waals surface area contributed by atoms with Gasteiger partial charge in [-0.3, -0.25) is 19.5 Å². The summed E-state index contributed by atoms with van der Waals surface area (Å²) in [5.74, 6) is -2.05. The van der Waals surface area contributed by atoms with Crippen molar-refractivity contribution < 1.29 is 23.1 Å². The van der Waals surface area contributed by atoms with Gasteiger partial charge < -0.3 is 21.9 Å². The summed E-state index contributed by atoms with van der Waals surface area (Å²) in [7, 11) is -4.09. The number of amides is 1. The molecule has 0 saturated heterocycles. The van der Waals surface area contributed by atoms with Crippen LogP contribution in [0.25, 0.3) is 11.1 Å². The lowest BCUT2D eigenvalue weighted by Crippen LogP contribution is -2.40. The summed E-state index contributed by atoms with van der Waals surface area (Å²) in [5, 5.41) is 13.4. The molecule has 0 saturated carbocycles. The van der Waals surface area contributed by atoms with Crippen molar-refractivity contribution in [3.8, 4) is 11.1 Å². The number of hydrogen-bond donors (Lipinski definition) is 5. The number of rotatable bonds is 11. The summed E-state index contributed by atoms with van der Waals surface area (Å²) in [4.78, 5) is 32.2. The number of anilines is 1. The number of nitrogens with zero attached hydrogens (tertiary/aromatic N) is 2. The van der Waals surface area contributed by atoms with Gasteiger partial charge in [0.25, 0.3) is 15.9 Å². The SMILES string of the molecule is NC(N)=NCCC[C@H](NC(=O)c1sccc1NS(=O)(=O)c1ccccc1-c1ccncc1)C(=O)O. The average Bonchev–Trinajstić information content (AvgIpc) is 3.28. The van der Waals surface area contributed by atoms with E-state index < -0.39 is 27.9 Å². The Balaban J connectivity index is 1.79. The fourth-order valence-electron chi connectivity index (χ4n) is 3.22. The third kappa shape index (κ3) is 6.77. The minimum Gasteiger partial charge on any atom is -0.480 e. The van der Waals surface area contributed by atoms with Gasteiger partial charge in [-0.15, -0.1) is 11.3 Å². The van der Waals surface area contributed by atoms with Crippen molar-refractivity contribution in [1.82, 2.24) is 10.3 Å². The molecule has 0 aliphatic carbocycles. The predicted octanol–water partition coefficient (Wildman–Crippen LogP) is 1.85. The van der Waals surface area contributed by atoms with E-state index in [-0.39, 0.29) is 34.4 Å². The van der Waals surface area contributed by atoms with Crippen LogP contribution in [0.15, 0.2) is 70.1 Å². The maximum absolute atomic E-state index is 13.2. The van der Waals surface area contributed by atoms with E-state index in [1.54, 1.807) is 42.7 Å². The van der Waals surface area contributed by atoms with Crippen molar-refractivity contribution in [3.05, 3.63) is 65.1 Å². The monoisotopic (exact) mass is 516 g/mol. The standard InChI is InChI=1S/C22H24N6O5S2/c23-22(24)26-10-3-5-17(21(30)31)27-20(29)19-16(9-13-34-19)28-35(32,33)18-6-2-1-4-15(18)14-7-11-25-12-8-14/h1-2,4,6-9,11-13,17,28H,3,5,10H2,(H,27,29)(H,30,31)(H4,23,24,26)/t17-/m0/s1. The van der Waals surface area contributed by atoms with E-state index in [0.717, 1.165) is 11.3 Å². The van der Waals surface area contributed by atoms with Crippen LogP contribution in [0, 0.1) is 0 Å². The van der Waals surface area contributed by atoms with Gasteiger partial charge in [0.2, 0.25) is 0 Å². The van der Waals surface area contributed by atoms with E-state index in [1.807, 2.05) is 0 Å². The summed E-state index contributed by atoms with van der Waals surface area (Å²) in [6.07, 6.45) is 3.53. The first-order valence-electron chi connectivity index (χ1n) is 10.4. The number of thiophene rings is 1. The zero-order valence-corrected chi connectivity index (χ0v) is 20.1. The number of hydrogen-bond acceptors (Lipinski definition) is 7. The van der Waals surface area contributed by atoms with Gasteiger partial charge in [0.1, 0.15) is 10.9 Å². The molecule has 0 radical (unpaired) electrons. The number of carboxylic acid groups (broad SMARTS) is 1. The number of aliphatic imine (C=N–C) groups is 1. The number of carbonyl (C=O) groups is 2. The number of pyridine rings is 1. The molecule has 1 aromatic carbocycles. The maximum atomic E-state index is 13.2. The maximum Gasteiger partial charge on any atom is 0.326 e. The molecule has 0 aliphatic heterocycles. The highest BCUT2D eigenvalue weighted by atomic mass is 32.2. The van der Waals surface area contributed by atoms with Crippen molar-refractivity contribution in [2.75, 3.05) is 11.3 Å². The molecule has 2 aromatic heterocycles. The summed E-state index contributed by atoms with van der Waals surface area (Å²) < 4.78 is 28.9. The van der Waals surface area contributed by atoms with E-state index >= 15 is 0 Å². The fourth-order valence-corrected chi connectivity index (χ4v) is 5.34.